The highest BCUT2D eigenvalue weighted by Crippen LogP contribution is 2.18. The van der Waals surface area contributed by atoms with Gasteiger partial charge in [0.2, 0.25) is 0 Å². The molecule has 0 heterocycles. The van der Waals surface area contributed by atoms with E-state index in [1.54, 1.807) is 6.92 Å². The fourth-order valence-corrected chi connectivity index (χ4v) is 1.64. The molecule has 3 heteroatoms. The van der Waals surface area contributed by atoms with E-state index in [0.29, 0.717) is 16.3 Å². The van der Waals surface area contributed by atoms with Crippen LogP contribution in [0.2, 0.25) is 0 Å². The summed E-state index contributed by atoms with van der Waals surface area (Å²) in [6.07, 6.45) is 0.991. The van der Waals surface area contributed by atoms with Crippen molar-refractivity contribution in [1.29, 1.82) is 0 Å². The molecule has 0 N–H and O–H groups in total. The Balaban J connectivity index is 4.78. The van der Waals surface area contributed by atoms with E-state index in [0.717, 1.165) is 19.5 Å². The summed E-state index contributed by atoms with van der Waals surface area (Å²) in [6, 6.07) is 0.322. The molecule has 0 bridgehead atoms. The zero-order valence-corrected chi connectivity index (χ0v) is 10.7. The molecular weight excluding hydrogens is 190 g/mol. The van der Waals surface area contributed by atoms with E-state index in [4.69, 9.17) is 4.84 Å². The van der Waals surface area contributed by atoms with Gasteiger partial charge in [-0.15, -0.1) is 4.65 Å². The maximum atomic E-state index is 11.6. The first-order valence-electron chi connectivity index (χ1n) is 5.69. The van der Waals surface area contributed by atoms with Crippen LogP contribution in [0.25, 0.3) is 0 Å². The van der Waals surface area contributed by atoms with Gasteiger partial charge in [-0.05, 0) is 27.7 Å². The normalized spacial score (nSPS) is 13.4. The van der Waals surface area contributed by atoms with E-state index in [-0.39, 0.29) is 5.97 Å². The third kappa shape index (κ3) is 3.34. The van der Waals surface area contributed by atoms with Crippen LogP contribution in [0.4, 0.5) is 0 Å². The van der Waals surface area contributed by atoms with Gasteiger partial charge in [-0.3, -0.25) is 4.84 Å². The van der Waals surface area contributed by atoms with Crippen LogP contribution in [-0.4, -0.2) is 29.7 Å². The SMILES string of the molecule is C=C(C)C(=O)O[N+](CC)(CC)C(C)CC. The van der Waals surface area contributed by atoms with Gasteiger partial charge in [0.15, 0.2) is 0 Å². The molecule has 0 saturated carbocycles. The molecule has 0 saturated heterocycles. The predicted molar refractivity (Wildman–Crippen MR) is 62.0 cm³/mol. The molecule has 0 spiro atoms. The van der Waals surface area contributed by atoms with E-state index in [1.807, 2.05) is 13.8 Å². The lowest BCUT2D eigenvalue weighted by atomic mass is 10.2. The second-order valence-corrected chi connectivity index (χ2v) is 4.00. The zero-order valence-electron chi connectivity index (χ0n) is 10.7. The highest BCUT2D eigenvalue weighted by atomic mass is 16.7. The standard InChI is InChI=1S/C12H24NO2/c1-7-11(6)13(8-2,9-3)15-12(14)10(4)5/h11H,4,7-9H2,1-3,5-6H3/q+1. The molecule has 0 aliphatic heterocycles. The summed E-state index contributed by atoms with van der Waals surface area (Å²) in [7, 11) is 0. The van der Waals surface area contributed by atoms with Crippen molar-refractivity contribution < 1.29 is 14.3 Å². The minimum Gasteiger partial charge on any atom is -0.271 e. The first kappa shape index (κ1) is 14.2. The topological polar surface area (TPSA) is 26.3 Å². The van der Waals surface area contributed by atoms with Gasteiger partial charge in [0.05, 0.1) is 0 Å². The van der Waals surface area contributed by atoms with Crippen molar-refractivity contribution in [1.82, 2.24) is 0 Å². The maximum absolute atomic E-state index is 11.6. The third-order valence-electron chi connectivity index (χ3n) is 3.08. The fraction of sp³-hybridized carbons (Fsp3) is 0.750. The van der Waals surface area contributed by atoms with Crippen molar-refractivity contribution in [3.8, 4) is 0 Å². The number of hydrogen-bond donors (Lipinski definition) is 0. The van der Waals surface area contributed by atoms with Crippen LogP contribution in [-0.2, 0) is 9.63 Å². The van der Waals surface area contributed by atoms with Crippen LogP contribution in [0.15, 0.2) is 12.2 Å². The summed E-state index contributed by atoms with van der Waals surface area (Å²) in [4.78, 5) is 17.1. The molecule has 3 nitrogen and oxygen atoms in total. The Labute approximate surface area is 93.3 Å². The van der Waals surface area contributed by atoms with Crippen LogP contribution in [0, 0.1) is 0 Å². The fourth-order valence-electron chi connectivity index (χ4n) is 1.64. The van der Waals surface area contributed by atoms with Crippen LogP contribution >= 0.6 is 0 Å². The number of hydrogen-bond acceptors (Lipinski definition) is 2. The van der Waals surface area contributed by atoms with Gasteiger partial charge in [0.25, 0.3) is 0 Å². The molecule has 88 valence electrons. The number of carbonyl (C=O) groups is 1. The van der Waals surface area contributed by atoms with Gasteiger partial charge in [0.1, 0.15) is 19.1 Å². The molecule has 0 fully saturated rings. The number of hydroxylamine groups is 3. The lowest BCUT2D eigenvalue weighted by Gasteiger charge is -2.37. The number of carbonyl (C=O) groups excluding carboxylic acids is 1. The summed E-state index contributed by atoms with van der Waals surface area (Å²) in [6.45, 7) is 15.2. The largest absolute Gasteiger partial charge is 0.392 e. The Morgan fingerprint density at radius 1 is 1.33 bits per heavy atom. The second kappa shape index (κ2) is 5.91. The molecule has 0 amide bonds. The van der Waals surface area contributed by atoms with Crippen LogP contribution < -0.4 is 0 Å². The Morgan fingerprint density at radius 3 is 2.07 bits per heavy atom. The molecule has 0 rings (SSSR count). The number of rotatable bonds is 6. The Kier molecular flexibility index (Phi) is 5.58. The lowest BCUT2D eigenvalue weighted by Crippen LogP contribution is -2.54. The van der Waals surface area contributed by atoms with Crippen molar-refractivity contribution in [3.05, 3.63) is 12.2 Å². The summed E-state index contributed by atoms with van der Waals surface area (Å²) in [5.74, 6) is -0.293. The monoisotopic (exact) mass is 214 g/mol. The van der Waals surface area contributed by atoms with Gasteiger partial charge in [-0.25, -0.2) is 4.79 Å². The average Bonchev–Trinajstić information content (AvgIpc) is 2.24. The van der Waals surface area contributed by atoms with E-state index in [2.05, 4.69) is 20.4 Å². The lowest BCUT2D eigenvalue weighted by molar-refractivity contribution is -1.10. The van der Waals surface area contributed by atoms with E-state index in [1.165, 1.54) is 0 Å². The van der Waals surface area contributed by atoms with Crippen molar-refractivity contribution in [2.24, 2.45) is 0 Å². The minimum absolute atomic E-state index is 0.293. The summed E-state index contributed by atoms with van der Waals surface area (Å²) in [5.41, 5.74) is 0.461. The third-order valence-corrected chi connectivity index (χ3v) is 3.08. The maximum Gasteiger partial charge on any atom is 0.392 e. The molecule has 0 aliphatic rings. The van der Waals surface area contributed by atoms with Crippen molar-refractivity contribution in [2.75, 3.05) is 13.1 Å². The Bertz CT molecular complexity index is 232. The molecule has 0 aliphatic carbocycles. The van der Waals surface area contributed by atoms with Crippen molar-refractivity contribution in [3.63, 3.8) is 0 Å². The first-order valence-corrected chi connectivity index (χ1v) is 5.69. The van der Waals surface area contributed by atoms with E-state index in [9.17, 15) is 4.79 Å². The zero-order chi connectivity index (χ0) is 12.1. The van der Waals surface area contributed by atoms with Gasteiger partial charge in [0, 0.05) is 12.0 Å². The van der Waals surface area contributed by atoms with Gasteiger partial charge >= 0.3 is 5.97 Å². The van der Waals surface area contributed by atoms with E-state index < -0.39 is 0 Å². The van der Waals surface area contributed by atoms with E-state index >= 15 is 0 Å². The summed E-state index contributed by atoms with van der Waals surface area (Å²) in [5, 5.41) is 0. The van der Waals surface area contributed by atoms with Crippen LogP contribution in [0.3, 0.4) is 0 Å². The second-order valence-electron chi connectivity index (χ2n) is 4.00. The molecule has 15 heavy (non-hydrogen) atoms. The smallest absolute Gasteiger partial charge is 0.271 e. The predicted octanol–water partition coefficient (Wildman–Crippen LogP) is 2.68. The highest BCUT2D eigenvalue weighted by molar-refractivity contribution is 5.86. The molecular formula is C12H24NO2+. The van der Waals surface area contributed by atoms with Gasteiger partial charge in [-0.2, -0.15) is 0 Å². The average molecular weight is 214 g/mol. The highest BCUT2D eigenvalue weighted by Gasteiger charge is 2.35. The Hall–Kier alpha value is -0.830. The molecule has 0 aromatic carbocycles. The molecule has 0 aromatic rings. The summed E-state index contributed by atoms with van der Waals surface area (Å²) < 4.78 is 0.391. The quantitative estimate of drug-likeness (QED) is 0.386. The molecule has 0 radical (unpaired) electrons. The van der Waals surface area contributed by atoms with Crippen molar-refractivity contribution >= 4 is 5.97 Å². The van der Waals surface area contributed by atoms with Crippen LogP contribution in [0.1, 0.15) is 41.0 Å². The van der Waals surface area contributed by atoms with Gasteiger partial charge < -0.3 is 0 Å². The molecule has 1 unspecified atom stereocenters. The molecule has 0 aromatic heterocycles. The summed E-state index contributed by atoms with van der Waals surface area (Å²) >= 11 is 0. The van der Waals surface area contributed by atoms with Crippen molar-refractivity contribution in [2.45, 2.75) is 47.1 Å². The van der Waals surface area contributed by atoms with Crippen LogP contribution in [0.5, 0.6) is 0 Å². The Morgan fingerprint density at radius 2 is 1.80 bits per heavy atom. The number of quaternary nitrogens is 1. The minimum atomic E-state index is -0.293. The number of nitrogens with zero attached hydrogens (tertiary/aromatic N) is 1. The van der Waals surface area contributed by atoms with Gasteiger partial charge in [-0.1, -0.05) is 13.5 Å². The first-order chi connectivity index (χ1) is 6.93. The molecule has 1 atom stereocenters.